The summed E-state index contributed by atoms with van der Waals surface area (Å²) in [4.78, 5) is 15.4. The van der Waals surface area contributed by atoms with Gasteiger partial charge in [-0.05, 0) is 35.4 Å². The van der Waals surface area contributed by atoms with Gasteiger partial charge in [-0.2, -0.15) is 4.98 Å². The fraction of sp³-hybridized carbons (Fsp3) is 0.211. The first-order chi connectivity index (χ1) is 12.4. The van der Waals surface area contributed by atoms with Crippen LogP contribution in [0.5, 0.6) is 0 Å². The Balaban J connectivity index is 1.48. The Hall–Kier alpha value is -2.99. The molecule has 0 amide bonds. The summed E-state index contributed by atoms with van der Waals surface area (Å²) >= 11 is 0. The molecule has 126 valence electrons. The number of piperazine rings is 1. The summed E-state index contributed by atoms with van der Waals surface area (Å²) in [7, 11) is 0. The lowest BCUT2D eigenvalue weighted by Gasteiger charge is -2.27. The topological polar surface area (TPSA) is 66.0 Å². The van der Waals surface area contributed by atoms with Crippen LogP contribution in [0.15, 0.2) is 61.1 Å². The summed E-state index contributed by atoms with van der Waals surface area (Å²) < 4.78 is 0. The van der Waals surface area contributed by atoms with Gasteiger partial charge in [-0.25, -0.2) is 4.98 Å². The zero-order valence-electron chi connectivity index (χ0n) is 13.9. The molecule has 3 heterocycles. The van der Waals surface area contributed by atoms with Crippen molar-refractivity contribution < 1.29 is 0 Å². The van der Waals surface area contributed by atoms with E-state index in [1.54, 1.807) is 12.4 Å². The van der Waals surface area contributed by atoms with E-state index in [1.807, 2.05) is 18.3 Å². The average molecular weight is 332 g/mol. The van der Waals surface area contributed by atoms with Crippen molar-refractivity contribution in [3.8, 4) is 11.1 Å². The summed E-state index contributed by atoms with van der Waals surface area (Å²) in [5.74, 6) is 1.58. The van der Waals surface area contributed by atoms with Gasteiger partial charge in [0.2, 0.25) is 5.95 Å². The summed E-state index contributed by atoms with van der Waals surface area (Å²) in [6, 6.07) is 14.2. The standard InChI is InChI=1S/C19H20N6/c1-2-16(14-21-8-1)15-3-5-17(6-4-15)23-18-7-9-22-19(24-18)25-12-10-20-11-13-25/h1-9,14,20H,10-13H2,(H,22,23,24). The van der Waals surface area contributed by atoms with Crippen molar-refractivity contribution in [1.29, 1.82) is 0 Å². The van der Waals surface area contributed by atoms with E-state index in [-0.39, 0.29) is 0 Å². The minimum absolute atomic E-state index is 0.776. The van der Waals surface area contributed by atoms with Gasteiger partial charge in [-0.3, -0.25) is 4.98 Å². The van der Waals surface area contributed by atoms with Crippen molar-refractivity contribution in [2.24, 2.45) is 0 Å². The minimum atomic E-state index is 0.776. The van der Waals surface area contributed by atoms with E-state index in [9.17, 15) is 0 Å². The third kappa shape index (κ3) is 3.75. The lowest BCUT2D eigenvalue weighted by molar-refractivity contribution is 0.580. The third-order valence-corrected chi connectivity index (χ3v) is 4.19. The SMILES string of the molecule is c1cncc(-c2ccc(Nc3ccnc(N4CCNCC4)n3)cc2)c1. The molecule has 6 heteroatoms. The molecule has 0 unspecified atom stereocenters. The molecule has 2 aromatic heterocycles. The number of aromatic nitrogens is 3. The van der Waals surface area contributed by atoms with E-state index < -0.39 is 0 Å². The zero-order chi connectivity index (χ0) is 16.9. The van der Waals surface area contributed by atoms with Crippen LogP contribution in [-0.4, -0.2) is 41.1 Å². The zero-order valence-corrected chi connectivity index (χ0v) is 13.9. The second kappa shape index (κ2) is 7.27. The van der Waals surface area contributed by atoms with Gasteiger partial charge in [0.15, 0.2) is 0 Å². The van der Waals surface area contributed by atoms with Crippen molar-refractivity contribution in [1.82, 2.24) is 20.3 Å². The molecule has 3 aromatic rings. The van der Waals surface area contributed by atoms with E-state index in [0.717, 1.165) is 54.8 Å². The van der Waals surface area contributed by atoms with Crippen molar-refractivity contribution in [2.75, 3.05) is 36.4 Å². The number of hydrogen-bond acceptors (Lipinski definition) is 6. The minimum Gasteiger partial charge on any atom is -0.340 e. The first-order valence-corrected chi connectivity index (χ1v) is 8.45. The molecule has 6 nitrogen and oxygen atoms in total. The molecule has 1 aliphatic rings. The molecule has 1 fully saturated rings. The van der Waals surface area contributed by atoms with E-state index in [0.29, 0.717) is 0 Å². The quantitative estimate of drug-likeness (QED) is 0.766. The first-order valence-electron chi connectivity index (χ1n) is 8.45. The molecule has 0 aliphatic carbocycles. The molecule has 1 saturated heterocycles. The molecular weight excluding hydrogens is 312 g/mol. The molecule has 0 spiro atoms. The smallest absolute Gasteiger partial charge is 0.227 e. The van der Waals surface area contributed by atoms with Gasteiger partial charge < -0.3 is 15.5 Å². The molecule has 0 bridgehead atoms. The second-order valence-corrected chi connectivity index (χ2v) is 5.92. The number of hydrogen-bond donors (Lipinski definition) is 2. The highest BCUT2D eigenvalue weighted by atomic mass is 15.3. The Bertz CT molecular complexity index is 813. The largest absolute Gasteiger partial charge is 0.340 e. The van der Waals surface area contributed by atoms with Crippen LogP contribution in [0.2, 0.25) is 0 Å². The molecule has 4 rings (SSSR count). The maximum Gasteiger partial charge on any atom is 0.227 e. The van der Waals surface area contributed by atoms with Gasteiger partial charge in [0.1, 0.15) is 5.82 Å². The van der Waals surface area contributed by atoms with Crippen LogP contribution in [0.4, 0.5) is 17.5 Å². The van der Waals surface area contributed by atoms with Crippen LogP contribution in [-0.2, 0) is 0 Å². The summed E-state index contributed by atoms with van der Waals surface area (Å²) in [6.45, 7) is 3.81. The fourth-order valence-corrected chi connectivity index (χ4v) is 2.86. The Morgan fingerprint density at radius 1 is 0.920 bits per heavy atom. The highest BCUT2D eigenvalue weighted by Crippen LogP contribution is 2.22. The highest BCUT2D eigenvalue weighted by molar-refractivity contribution is 5.67. The third-order valence-electron chi connectivity index (χ3n) is 4.19. The molecule has 0 radical (unpaired) electrons. The maximum absolute atomic E-state index is 4.64. The van der Waals surface area contributed by atoms with Gasteiger partial charge in [0.05, 0.1) is 0 Å². The van der Waals surface area contributed by atoms with Gasteiger partial charge >= 0.3 is 0 Å². The van der Waals surface area contributed by atoms with Crippen LogP contribution in [0.1, 0.15) is 0 Å². The highest BCUT2D eigenvalue weighted by Gasteiger charge is 2.13. The molecule has 0 atom stereocenters. The number of pyridine rings is 1. The van der Waals surface area contributed by atoms with Crippen LogP contribution in [0.25, 0.3) is 11.1 Å². The maximum atomic E-state index is 4.64. The molecule has 0 saturated carbocycles. The number of anilines is 3. The Morgan fingerprint density at radius 3 is 2.52 bits per heavy atom. The fourth-order valence-electron chi connectivity index (χ4n) is 2.86. The van der Waals surface area contributed by atoms with Crippen LogP contribution < -0.4 is 15.5 Å². The monoisotopic (exact) mass is 332 g/mol. The molecule has 1 aromatic carbocycles. The summed E-state index contributed by atoms with van der Waals surface area (Å²) in [6.07, 6.45) is 5.45. The Kier molecular flexibility index (Phi) is 4.52. The molecule has 1 aliphatic heterocycles. The van der Waals surface area contributed by atoms with Gasteiger partial charge in [-0.15, -0.1) is 0 Å². The van der Waals surface area contributed by atoms with Crippen LogP contribution in [0.3, 0.4) is 0 Å². The number of nitrogens with one attached hydrogen (secondary N) is 2. The van der Waals surface area contributed by atoms with E-state index in [2.05, 4.69) is 60.8 Å². The summed E-state index contributed by atoms with van der Waals surface area (Å²) in [5.41, 5.74) is 3.25. The normalized spacial score (nSPS) is 14.3. The first kappa shape index (κ1) is 15.5. The van der Waals surface area contributed by atoms with Gasteiger partial charge in [0, 0.05) is 50.5 Å². The van der Waals surface area contributed by atoms with E-state index >= 15 is 0 Å². The molecule has 25 heavy (non-hydrogen) atoms. The van der Waals surface area contributed by atoms with Crippen molar-refractivity contribution >= 4 is 17.5 Å². The number of benzene rings is 1. The lowest BCUT2D eigenvalue weighted by atomic mass is 10.1. The predicted octanol–water partition coefficient (Wildman–Crippen LogP) is 2.69. The second-order valence-electron chi connectivity index (χ2n) is 5.92. The Morgan fingerprint density at radius 2 is 1.76 bits per heavy atom. The molecule has 2 N–H and O–H groups in total. The van der Waals surface area contributed by atoms with Crippen molar-refractivity contribution in [2.45, 2.75) is 0 Å². The van der Waals surface area contributed by atoms with Crippen LogP contribution in [0, 0.1) is 0 Å². The lowest BCUT2D eigenvalue weighted by Crippen LogP contribution is -2.44. The van der Waals surface area contributed by atoms with Crippen molar-refractivity contribution in [3.05, 3.63) is 61.1 Å². The number of nitrogens with zero attached hydrogens (tertiary/aromatic N) is 4. The van der Waals surface area contributed by atoms with Gasteiger partial charge in [-0.1, -0.05) is 18.2 Å². The van der Waals surface area contributed by atoms with E-state index in [1.165, 1.54) is 0 Å². The van der Waals surface area contributed by atoms with Crippen LogP contribution >= 0.6 is 0 Å². The summed E-state index contributed by atoms with van der Waals surface area (Å²) in [5, 5.41) is 6.69. The van der Waals surface area contributed by atoms with Gasteiger partial charge in [0.25, 0.3) is 0 Å². The molecular formula is C19H20N6. The van der Waals surface area contributed by atoms with E-state index in [4.69, 9.17) is 0 Å². The van der Waals surface area contributed by atoms with Crippen molar-refractivity contribution in [3.63, 3.8) is 0 Å². The Labute approximate surface area is 147 Å². The predicted molar refractivity (Wildman–Crippen MR) is 100 cm³/mol. The average Bonchev–Trinajstić information content (AvgIpc) is 2.70. The number of rotatable bonds is 4.